The number of nitrogens with zero attached hydrogens (tertiary/aromatic N) is 2. The Morgan fingerprint density at radius 3 is 3.25 bits per heavy atom. The van der Waals surface area contributed by atoms with E-state index in [0.717, 1.165) is 24.6 Å². The summed E-state index contributed by atoms with van der Waals surface area (Å²) in [5.41, 5.74) is 1.09. The van der Waals surface area contributed by atoms with Crippen molar-refractivity contribution in [2.45, 2.75) is 19.3 Å². The highest BCUT2D eigenvalue weighted by molar-refractivity contribution is 4.93. The lowest BCUT2D eigenvalue weighted by atomic mass is 9.95. The lowest BCUT2D eigenvalue weighted by molar-refractivity contribution is 0.373. The van der Waals surface area contributed by atoms with Crippen LogP contribution in [0.5, 0.6) is 0 Å². The van der Waals surface area contributed by atoms with Crippen LogP contribution < -0.4 is 5.32 Å². The van der Waals surface area contributed by atoms with Crippen LogP contribution in [0.15, 0.2) is 6.20 Å². The van der Waals surface area contributed by atoms with Gasteiger partial charge in [0.05, 0.1) is 11.9 Å². The van der Waals surface area contributed by atoms with Crippen LogP contribution >= 0.6 is 0 Å². The van der Waals surface area contributed by atoms with E-state index in [1.807, 2.05) is 6.20 Å². The summed E-state index contributed by atoms with van der Waals surface area (Å²) in [6, 6.07) is 0. The Kier molecular flexibility index (Phi) is 2.36. The molecule has 1 aliphatic rings. The topological polar surface area (TPSA) is 53.6 Å². The molecule has 0 bridgehead atoms. The van der Waals surface area contributed by atoms with Crippen molar-refractivity contribution in [3.8, 4) is 0 Å². The Bertz CT molecular complexity index is 213. The summed E-state index contributed by atoms with van der Waals surface area (Å²) in [7, 11) is 0. The van der Waals surface area contributed by atoms with E-state index in [1.165, 1.54) is 19.4 Å². The van der Waals surface area contributed by atoms with Crippen LogP contribution in [0.1, 0.15) is 18.5 Å². The Balaban J connectivity index is 1.86. The molecule has 2 rings (SSSR count). The van der Waals surface area contributed by atoms with Crippen molar-refractivity contribution >= 4 is 0 Å². The van der Waals surface area contributed by atoms with Crippen LogP contribution in [0.25, 0.3) is 0 Å². The smallest absolute Gasteiger partial charge is 0.0827 e. The first-order chi connectivity index (χ1) is 5.95. The maximum atomic E-state index is 4.05. The Labute approximate surface area is 71.8 Å². The molecule has 0 amide bonds. The minimum absolute atomic E-state index is 0.754. The summed E-state index contributed by atoms with van der Waals surface area (Å²) >= 11 is 0. The molecule has 0 aromatic carbocycles. The number of hydrogen-bond acceptors (Lipinski definition) is 3. The number of nitrogens with one attached hydrogen (secondary N) is 2. The van der Waals surface area contributed by atoms with Crippen LogP contribution in [0.4, 0.5) is 0 Å². The van der Waals surface area contributed by atoms with E-state index in [0.29, 0.717) is 0 Å². The number of H-pyrrole nitrogens is 1. The summed E-state index contributed by atoms with van der Waals surface area (Å²) in [5.74, 6) is 0.754. The molecule has 2 N–H and O–H groups in total. The van der Waals surface area contributed by atoms with Crippen LogP contribution in [-0.4, -0.2) is 28.5 Å². The largest absolute Gasteiger partial charge is 0.316 e. The summed E-state index contributed by atoms with van der Waals surface area (Å²) in [5, 5.41) is 13.9. The molecular weight excluding hydrogens is 152 g/mol. The monoisotopic (exact) mass is 166 g/mol. The van der Waals surface area contributed by atoms with E-state index >= 15 is 0 Å². The molecular formula is C8H14N4. The minimum Gasteiger partial charge on any atom is -0.316 e. The van der Waals surface area contributed by atoms with Crippen molar-refractivity contribution in [2.75, 3.05) is 13.1 Å². The predicted molar refractivity (Wildman–Crippen MR) is 45.7 cm³/mol. The van der Waals surface area contributed by atoms with Crippen LogP contribution in [0, 0.1) is 5.92 Å². The maximum Gasteiger partial charge on any atom is 0.0827 e. The molecule has 4 heteroatoms. The molecule has 0 spiro atoms. The minimum atomic E-state index is 0.754. The molecule has 0 radical (unpaired) electrons. The zero-order valence-electron chi connectivity index (χ0n) is 7.08. The van der Waals surface area contributed by atoms with E-state index < -0.39 is 0 Å². The van der Waals surface area contributed by atoms with Crippen molar-refractivity contribution in [3.05, 3.63) is 11.9 Å². The van der Waals surface area contributed by atoms with Gasteiger partial charge >= 0.3 is 0 Å². The molecule has 0 saturated carbocycles. The van der Waals surface area contributed by atoms with Crippen LogP contribution in [0.2, 0.25) is 0 Å². The summed E-state index contributed by atoms with van der Waals surface area (Å²) in [4.78, 5) is 0. The second-order valence-electron chi connectivity index (χ2n) is 3.38. The molecule has 2 heterocycles. The third-order valence-corrected chi connectivity index (χ3v) is 2.36. The van der Waals surface area contributed by atoms with E-state index in [1.54, 1.807) is 0 Å². The maximum absolute atomic E-state index is 4.05. The molecule has 1 saturated heterocycles. The molecule has 1 atom stereocenters. The standard InChI is InChI=1S/C8H14N4/c1-2-7(5-9-3-1)4-8-6-10-12-11-8/h6-7,9H,1-5H2,(H,10,11,12). The van der Waals surface area contributed by atoms with E-state index in [2.05, 4.69) is 20.7 Å². The van der Waals surface area contributed by atoms with Crippen molar-refractivity contribution in [3.63, 3.8) is 0 Å². The van der Waals surface area contributed by atoms with Crippen molar-refractivity contribution in [1.82, 2.24) is 20.7 Å². The number of piperidine rings is 1. The van der Waals surface area contributed by atoms with Gasteiger partial charge in [-0.3, -0.25) is 0 Å². The summed E-state index contributed by atoms with van der Waals surface area (Å²) in [6.45, 7) is 2.31. The van der Waals surface area contributed by atoms with Gasteiger partial charge in [0.15, 0.2) is 0 Å². The quantitative estimate of drug-likeness (QED) is 0.666. The van der Waals surface area contributed by atoms with Gasteiger partial charge in [0.1, 0.15) is 0 Å². The molecule has 4 nitrogen and oxygen atoms in total. The summed E-state index contributed by atoms with van der Waals surface area (Å²) < 4.78 is 0. The molecule has 1 fully saturated rings. The number of hydrogen-bond donors (Lipinski definition) is 2. The van der Waals surface area contributed by atoms with Crippen molar-refractivity contribution < 1.29 is 0 Å². The Morgan fingerprint density at radius 1 is 1.58 bits per heavy atom. The third-order valence-electron chi connectivity index (χ3n) is 2.36. The average Bonchev–Trinajstić information content (AvgIpc) is 2.59. The van der Waals surface area contributed by atoms with Gasteiger partial charge in [-0.2, -0.15) is 15.4 Å². The normalized spacial score (nSPS) is 24.2. The molecule has 1 unspecified atom stereocenters. The lowest BCUT2D eigenvalue weighted by Crippen LogP contribution is -2.30. The molecule has 12 heavy (non-hydrogen) atoms. The average molecular weight is 166 g/mol. The second-order valence-corrected chi connectivity index (χ2v) is 3.38. The Morgan fingerprint density at radius 2 is 2.58 bits per heavy atom. The van der Waals surface area contributed by atoms with Gasteiger partial charge in [0.25, 0.3) is 0 Å². The van der Waals surface area contributed by atoms with E-state index in [-0.39, 0.29) is 0 Å². The fourth-order valence-corrected chi connectivity index (χ4v) is 1.72. The zero-order chi connectivity index (χ0) is 8.23. The second kappa shape index (κ2) is 3.67. The van der Waals surface area contributed by atoms with Gasteiger partial charge in [0, 0.05) is 0 Å². The number of aromatic amines is 1. The van der Waals surface area contributed by atoms with E-state index in [4.69, 9.17) is 0 Å². The van der Waals surface area contributed by atoms with Crippen molar-refractivity contribution in [1.29, 1.82) is 0 Å². The molecule has 1 aliphatic heterocycles. The van der Waals surface area contributed by atoms with Gasteiger partial charge in [-0.15, -0.1) is 0 Å². The van der Waals surface area contributed by atoms with E-state index in [9.17, 15) is 0 Å². The molecule has 1 aromatic heterocycles. The predicted octanol–water partition coefficient (Wildman–Crippen LogP) is 0.347. The first kappa shape index (κ1) is 7.73. The molecule has 1 aromatic rings. The first-order valence-corrected chi connectivity index (χ1v) is 4.50. The fourth-order valence-electron chi connectivity index (χ4n) is 1.72. The third kappa shape index (κ3) is 1.82. The van der Waals surface area contributed by atoms with Gasteiger partial charge in [-0.05, 0) is 38.3 Å². The van der Waals surface area contributed by atoms with Crippen LogP contribution in [-0.2, 0) is 6.42 Å². The summed E-state index contributed by atoms with van der Waals surface area (Å²) in [6.07, 6.45) is 5.49. The van der Waals surface area contributed by atoms with Crippen LogP contribution in [0.3, 0.4) is 0 Å². The SMILES string of the molecule is c1n[nH]nc1CC1CCCNC1. The Hall–Kier alpha value is -0.900. The number of rotatable bonds is 2. The van der Waals surface area contributed by atoms with Crippen molar-refractivity contribution in [2.24, 2.45) is 5.92 Å². The first-order valence-electron chi connectivity index (χ1n) is 4.50. The highest BCUT2D eigenvalue weighted by Gasteiger charge is 2.14. The highest BCUT2D eigenvalue weighted by atomic mass is 15.3. The van der Waals surface area contributed by atoms with Gasteiger partial charge < -0.3 is 5.32 Å². The van der Waals surface area contributed by atoms with Gasteiger partial charge in [-0.25, -0.2) is 0 Å². The molecule has 0 aliphatic carbocycles. The zero-order valence-corrected chi connectivity index (χ0v) is 7.08. The van der Waals surface area contributed by atoms with Gasteiger partial charge in [0.2, 0.25) is 0 Å². The van der Waals surface area contributed by atoms with Gasteiger partial charge in [-0.1, -0.05) is 0 Å². The highest BCUT2D eigenvalue weighted by Crippen LogP contribution is 2.13. The lowest BCUT2D eigenvalue weighted by Gasteiger charge is -2.21. The fraction of sp³-hybridized carbons (Fsp3) is 0.750. The number of aromatic nitrogens is 3. The molecule has 66 valence electrons.